The first kappa shape index (κ1) is 17.1. The molecule has 3 aliphatic heterocycles. The van der Waals surface area contributed by atoms with Crippen LogP contribution in [0.15, 0.2) is 12.7 Å². The summed E-state index contributed by atoms with van der Waals surface area (Å²) >= 11 is 0. The molecule has 1 spiro atoms. The second-order valence-electron chi connectivity index (χ2n) is 7.38. The molecule has 3 rings (SSSR count). The van der Waals surface area contributed by atoms with Crippen molar-refractivity contribution in [3.63, 3.8) is 0 Å². The van der Waals surface area contributed by atoms with Crippen LogP contribution in [0, 0.1) is 0 Å². The molecule has 3 aliphatic rings. The maximum atomic E-state index is 11.4. The maximum Gasteiger partial charge on any atom is 0.169 e. The summed E-state index contributed by atoms with van der Waals surface area (Å²) < 4.78 is 18.9. The number of carbonyl (C=O) groups excluding carboxylic acids is 1. The molecule has 0 N–H and O–H groups in total. The Morgan fingerprint density at radius 1 is 1.09 bits per heavy atom. The number of ether oxygens (including phenoxy) is 3. The van der Waals surface area contributed by atoms with E-state index in [1.807, 2.05) is 6.08 Å². The van der Waals surface area contributed by atoms with Gasteiger partial charge in [0.25, 0.3) is 0 Å². The van der Waals surface area contributed by atoms with Crippen molar-refractivity contribution in [1.29, 1.82) is 0 Å². The Hall–Kier alpha value is -0.710. The van der Waals surface area contributed by atoms with E-state index in [1.54, 1.807) is 6.92 Å². The van der Waals surface area contributed by atoms with Crippen LogP contribution >= 0.6 is 0 Å². The zero-order valence-electron chi connectivity index (χ0n) is 14.3. The third-order valence-corrected chi connectivity index (χ3v) is 5.40. The zero-order valence-corrected chi connectivity index (χ0v) is 14.3. The van der Waals surface area contributed by atoms with Crippen molar-refractivity contribution in [3.05, 3.63) is 12.7 Å². The molecule has 0 aromatic carbocycles. The summed E-state index contributed by atoms with van der Waals surface area (Å²) in [4.78, 5) is 11.4. The third kappa shape index (κ3) is 4.23. The lowest BCUT2D eigenvalue weighted by Crippen LogP contribution is -2.51. The molecule has 5 atom stereocenters. The van der Waals surface area contributed by atoms with Crippen LogP contribution in [-0.4, -0.2) is 36.0 Å². The third-order valence-electron chi connectivity index (χ3n) is 5.40. The van der Waals surface area contributed by atoms with Crippen LogP contribution in [0.5, 0.6) is 0 Å². The number of carbonyl (C=O) groups is 1. The summed E-state index contributed by atoms with van der Waals surface area (Å²) in [5, 5.41) is 0. The second-order valence-corrected chi connectivity index (χ2v) is 7.38. The Morgan fingerprint density at radius 3 is 2.57 bits per heavy atom. The molecule has 0 aromatic rings. The first-order valence-corrected chi connectivity index (χ1v) is 9.23. The van der Waals surface area contributed by atoms with E-state index in [9.17, 15) is 4.79 Å². The van der Waals surface area contributed by atoms with E-state index in [-0.39, 0.29) is 30.2 Å². The molecular formula is C19H30O4. The lowest BCUT2D eigenvalue weighted by atomic mass is 9.89. The minimum Gasteiger partial charge on any atom is -0.372 e. The summed E-state index contributed by atoms with van der Waals surface area (Å²) in [5.74, 6) is -0.224. The molecule has 23 heavy (non-hydrogen) atoms. The van der Waals surface area contributed by atoms with E-state index in [0.29, 0.717) is 6.42 Å². The topological polar surface area (TPSA) is 44.8 Å². The predicted octanol–water partition coefficient (Wildman–Crippen LogP) is 3.92. The van der Waals surface area contributed by atoms with Gasteiger partial charge in [-0.25, -0.2) is 0 Å². The fourth-order valence-electron chi connectivity index (χ4n) is 4.31. The highest BCUT2D eigenvalue weighted by molar-refractivity contribution is 5.75. The molecule has 3 fully saturated rings. The molecule has 130 valence electrons. The van der Waals surface area contributed by atoms with E-state index in [1.165, 1.54) is 0 Å². The quantitative estimate of drug-likeness (QED) is 0.736. The largest absolute Gasteiger partial charge is 0.372 e. The Morgan fingerprint density at radius 2 is 1.83 bits per heavy atom. The van der Waals surface area contributed by atoms with E-state index < -0.39 is 5.79 Å². The van der Waals surface area contributed by atoms with Crippen molar-refractivity contribution in [1.82, 2.24) is 0 Å². The number of ketones is 1. The van der Waals surface area contributed by atoms with Gasteiger partial charge in [-0.3, -0.25) is 4.79 Å². The van der Waals surface area contributed by atoms with Crippen LogP contribution in [-0.2, 0) is 19.0 Å². The lowest BCUT2D eigenvalue weighted by molar-refractivity contribution is -0.324. The number of Topliss-reactive ketones (excluding diaryl/α,β-unsaturated/α-hetero) is 1. The average Bonchev–Trinajstić information content (AvgIpc) is 2.54. The summed E-state index contributed by atoms with van der Waals surface area (Å²) in [7, 11) is 0. The first-order valence-electron chi connectivity index (χ1n) is 9.23. The number of hydrogen-bond donors (Lipinski definition) is 0. The fraction of sp³-hybridized carbons (Fsp3) is 0.842. The van der Waals surface area contributed by atoms with Gasteiger partial charge in [-0.05, 0) is 51.9 Å². The van der Waals surface area contributed by atoms with Gasteiger partial charge >= 0.3 is 0 Å². The van der Waals surface area contributed by atoms with Crippen molar-refractivity contribution >= 4 is 5.78 Å². The fourth-order valence-corrected chi connectivity index (χ4v) is 4.31. The smallest absolute Gasteiger partial charge is 0.169 e. The average molecular weight is 322 g/mol. The van der Waals surface area contributed by atoms with Gasteiger partial charge in [-0.2, -0.15) is 0 Å². The van der Waals surface area contributed by atoms with Crippen LogP contribution < -0.4 is 0 Å². The van der Waals surface area contributed by atoms with E-state index in [0.717, 1.165) is 57.8 Å². The Balaban J connectivity index is 1.61. The van der Waals surface area contributed by atoms with Gasteiger partial charge in [0.15, 0.2) is 5.79 Å². The van der Waals surface area contributed by atoms with Gasteiger partial charge in [0, 0.05) is 19.3 Å². The molecule has 4 nitrogen and oxygen atoms in total. The molecule has 0 unspecified atom stereocenters. The molecule has 0 amide bonds. The standard InChI is InChI=1S/C19H30O4/c1-3-15-8-5-11-19(22-15)12-6-10-18(23-19)17-9-4-7-16(21-17)13-14(2)20/h3,15-18H,1,4-13H2,2H3/t15-,16+,17-,18+,19+/m1/s1. The Bertz CT molecular complexity index is 431. The predicted molar refractivity (Wildman–Crippen MR) is 88.2 cm³/mol. The van der Waals surface area contributed by atoms with Crippen LogP contribution in [0.3, 0.4) is 0 Å². The molecule has 3 saturated heterocycles. The SMILES string of the molecule is C=C[C@@H]1CCC[C@]2(CCC[C@@H]([C@H]3CCC[C@@H](CC(C)=O)O3)O2)O1. The molecule has 3 heterocycles. The lowest BCUT2D eigenvalue weighted by Gasteiger charge is -2.48. The van der Waals surface area contributed by atoms with Crippen molar-refractivity contribution in [2.45, 2.75) is 101 Å². The molecule has 0 aliphatic carbocycles. The second kappa shape index (κ2) is 7.45. The minimum atomic E-state index is -0.434. The van der Waals surface area contributed by atoms with Crippen molar-refractivity contribution in [2.75, 3.05) is 0 Å². The normalized spacial score (nSPS) is 41.6. The van der Waals surface area contributed by atoms with Crippen LogP contribution in [0.4, 0.5) is 0 Å². The Labute approximate surface area is 139 Å². The summed E-state index contributed by atoms with van der Waals surface area (Å²) in [5.41, 5.74) is 0. The van der Waals surface area contributed by atoms with Gasteiger partial charge in [0.05, 0.1) is 24.4 Å². The summed E-state index contributed by atoms with van der Waals surface area (Å²) in [6, 6.07) is 0. The molecule has 4 heteroatoms. The Kier molecular flexibility index (Phi) is 5.55. The maximum absolute atomic E-state index is 11.4. The summed E-state index contributed by atoms with van der Waals surface area (Å²) in [6.45, 7) is 5.51. The van der Waals surface area contributed by atoms with Gasteiger partial charge < -0.3 is 14.2 Å². The first-order chi connectivity index (χ1) is 11.1. The minimum absolute atomic E-state index is 0.0703. The number of rotatable bonds is 4. The van der Waals surface area contributed by atoms with E-state index in [2.05, 4.69) is 6.58 Å². The van der Waals surface area contributed by atoms with E-state index >= 15 is 0 Å². The van der Waals surface area contributed by atoms with Gasteiger partial charge in [-0.15, -0.1) is 6.58 Å². The van der Waals surface area contributed by atoms with Gasteiger partial charge in [0.2, 0.25) is 0 Å². The van der Waals surface area contributed by atoms with Crippen molar-refractivity contribution in [3.8, 4) is 0 Å². The highest BCUT2D eigenvalue weighted by Crippen LogP contribution is 2.41. The van der Waals surface area contributed by atoms with Gasteiger partial charge in [-0.1, -0.05) is 6.08 Å². The van der Waals surface area contributed by atoms with E-state index in [4.69, 9.17) is 14.2 Å². The van der Waals surface area contributed by atoms with Crippen LogP contribution in [0.1, 0.15) is 71.1 Å². The zero-order chi connectivity index (χ0) is 16.3. The highest BCUT2D eigenvalue weighted by Gasteiger charge is 2.44. The highest BCUT2D eigenvalue weighted by atomic mass is 16.7. The molecule has 0 saturated carbocycles. The monoisotopic (exact) mass is 322 g/mol. The van der Waals surface area contributed by atoms with Crippen LogP contribution in [0.2, 0.25) is 0 Å². The number of hydrogen-bond acceptors (Lipinski definition) is 4. The van der Waals surface area contributed by atoms with Crippen molar-refractivity contribution < 1.29 is 19.0 Å². The van der Waals surface area contributed by atoms with Crippen LogP contribution in [0.25, 0.3) is 0 Å². The molecule has 0 radical (unpaired) electrons. The summed E-state index contributed by atoms with van der Waals surface area (Å²) in [6.07, 6.45) is 12.2. The molecular weight excluding hydrogens is 292 g/mol. The molecule has 0 aromatic heterocycles. The molecule has 0 bridgehead atoms. The van der Waals surface area contributed by atoms with Crippen molar-refractivity contribution in [2.24, 2.45) is 0 Å². The van der Waals surface area contributed by atoms with Gasteiger partial charge in [0.1, 0.15) is 5.78 Å².